The summed E-state index contributed by atoms with van der Waals surface area (Å²) in [6.07, 6.45) is 4.81. The molecule has 5 rings (SSSR count). The highest BCUT2D eigenvalue weighted by atomic mass is 19.1. The van der Waals surface area contributed by atoms with E-state index in [0.717, 1.165) is 33.3 Å². The van der Waals surface area contributed by atoms with E-state index < -0.39 is 5.82 Å². The number of aromatic nitrogens is 4. The summed E-state index contributed by atoms with van der Waals surface area (Å²) < 4.78 is 15.2. The number of hydrogen-bond acceptors (Lipinski definition) is 5. The Morgan fingerprint density at radius 3 is 2.50 bits per heavy atom. The smallest absolute Gasteiger partial charge is 0.191 e. The number of aryl methyl sites for hydroxylation is 1. The molecule has 0 radical (unpaired) electrons. The molecule has 0 fully saturated rings. The fraction of sp³-hybridized carbons (Fsp3) is 0.0769. The van der Waals surface area contributed by atoms with Gasteiger partial charge < -0.3 is 5.32 Å². The molecule has 1 N–H and O–H groups in total. The molecule has 156 valence electrons. The van der Waals surface area contributed by atoms with Gasteiger partial charge in [0.1, 0.15) is 12.0 Å². The summed E-state index contributed by atoms with van der Waals surface area (Å²) in [5, 5.41) is 4.02. The Morgan fingerprint density at radius 1 is 0.812 bits per heavy atom. The van der Waals surface area contributed by atoms with Gasteiger partial charge >= 0.3 is 0 Å². The molecular formula is C26H20FN5. The van der Waals surface area contributed by atoms with Crippen molar-refractivity contribution < 1.29 is 4.39 Å². The van der Waals surface area contributed by atoms with Gasteiger partial charge in [-0.3, -0.25) is 9.97 Å². The second-order valence-corrected chi connectivity index (χ2v) is 7.54. The maximum Gasteiger partial charge on any atom is 0.191 e. The minimum absolute atomic E-state index is 0.164. The molecule has 0 spiro atoms. The SMILES string of the molecule is Cc1cc(-c2ccc(CNc3ncnc(-c4cnc5ccccc5c4)c3F)cc2)ccn1. The maximum absolute atomic E-state index is 15.2. The minimum Gasteiger partial charge on any atom is -0.363 e. The van der Waals surface area contributed by atoms with Crippen LogP contribution < -0.4 is 5.32 Å². The van der Waals surface area contributed by atoms with Gasteiger partial charge in [-0.2, -0.15) is 0 Å². The Kier molecular flexibility index (Phi) is 5.25. The fourth-order valence-electron chi connectivity index (χ4n) is 3.62. The third-order valence-corrected chi connectivity index (χ3v) is 5.30. The van der Waals surface area contributed by atoms with Crippen LogP contribution in [-0.4, -0.2) is 19.9 Å². The summed E-state index contributed by atoms with van der Waals surface area (Å²) >= 11 is 0. The molecule has 0 aliphatic heterocycles. The topological polar surface area (TPSA) is 63.6 Å². The van der Waals surface area contributed by atoms with Crippen LogP contribution in [0.25, 0.3) is 33.3 Å². The first kappa shape index (κ1) is 19.8. The molecular weight excluding hydrogens is 401 g/mol. The van der Waals surface area contributed by atoms with Crippen LogP contribution in [0.5, 0.6) is 0 Å². The number of benzene rings is 2. The molecule has 0 unspecified atom stereocenters. The van der Waals surface area contributed by atoms with Crippen molar-refractivity contribution in [3.8, 4) is 22.4 Å². The lowest BCUT2D eigenvalue weighted by Crippen LogP contribution is -2.05. The average molecular weight is 421 g/mol. The van der Waals surface area contributed by atoms with Gasteiger partial charge in [0.25, 0.3) is 0 Å². The van der Waals surface area contributed by atoms with Crippen molar-refractivity contribution in [2.75, 3.05) is 5.32 Å². The molecule has 0 aliphatic carbocycles. The van der Waals surface area contributed by atoms with Crippen LogP contribution in [0.1, 0.15) is 11.3 Å². The van der Waals surface area contributed by atoms with Gasteiger partial charge in [-0.1, -0.05) is 42.5 Å². The quantitative estimate of drug-likeness (QED) is 0.388. The Hall–Kier alpha value is -4.19. The highest BCUT2D eigenvalue weighted by Crippen LogP contribution is 2.26. The van der Waals surface area contributed by atoms with Crippen molar-refractivity contribution in [1.29, 1.82) is 0 Å². The number of pyridine rings is 2. The van der Waals surface area contributed by atoms with Crippen LogP contribution in [0.3, 0.4) is 0 Å². The molecule has 5 nitrogen and oxygen atoms in total. The number of halogens is 1. The lowest BCUT2D eigenvalue weighted by atomic mass is 10.0. The normalized spacial score (nSPS) is 10.9. The summed E-state index contributed by atoms with van der Waals surface area (Å²) in [5.41, 5.74) is 5.92. The van der Waals surface area contributed by atoms with Crippen molar-refractivity contribution in [3.05, 3.63) is 103 Å². The van der Waals surface area contributed by atoms with E-state index in [4.69, 9.17) is 0 Å². The molecule has 32 heavy (non-hydrogen) atoms. The van der Waals surface area contributed by atoms with E-state index >= 15 is 4.39 Å². The maximum atomic E-state index is 15.2. The predicted molar refractivity (Wildman–Crippen MR) is 124 cm³/mol. The third kappa shape index (κ3) is 4.03. The number of para-hydroxylation sites is 1. The van der Waals surface area contributed by atoms with Crippen molar-refractivity contribution in [2.45, 2.75) is 13.5 Å². The first-order valence-corrected chi connectivity index (χ1v) is 10.3. The molecule has 0 bridgehead atoms. The highest BCUT2D eigenvalue weighted by Gasteiger charge is 2.14. The van der Waals surface area contributed by atoms with E-state index in [9.17, 15) is 0 Å². The molecule has 0 saturated heterocycles. The van der Waals surface area contributed by atoms with Gasteiger partial charge in [-0.15, -0.1) is 0 Å². The zero-order chi connectivity index (χ0) is 21.9. The summed E-state index contributed by atoms with van der Waals surface area (Å²) in [7, 11) is 0. The van der Waals surface area contributed by atoms with Gasteiger partial charge in [-0.05, 0) is 47.9 Å². The van der Waals surface area contributed by atoms with Gasteiger partial charge in [-0.25, -0.2) is 14.4 Å². The number of rotatable bonds is 5. The number of hydrogen-bond donors (Lipinski definition) is 1. The van der Waals surface area contributed by atoms with Gasteiger partial charge in [0.05, 0.1) is 5.52 Å². The number of nitrogens with zero attached hydrogens (tertiary/aromatic N) is 4. The van der Waals surface area contributed by atoms with E-state index in [0.29, 0.717) is 12.1 Å². The largest absolute Gasteiger partial charge is 0.363 e. The van der Waals surface area contributed by atoms with E-state index in [1.165, 1.54) is 6.33 Å². The van der Waals surface area contributed by atoms with E-state index in [-0.39, 0.29) is 11.5 Å². The fourth-order valence-corrected chi connectivity index (χ4v) is 3.62. The Bertz CT molecular complexity index is 1400. The van der Waals surface area contributed by atoms with Crippen LogP contribution in [0.4, 0.5) is 10.2 Å². The van der Waals surface area contributed by atoms with Crippen LogP contribution in [0.15, 0.2) is 85.5 Å². The van der Waals surface area contributed by atoms with Crippen molar-refractivity contribution >= 4 is 16.7 Å². The second kappa shape index (κ2) is 8.51. The number of fused-ring (bicyclic) bond motifs is 1. The molecule has 6 heteroatoms. The average Bonchev–Trinajstić information content (AvgIpc) is 2.83. The number of anilines is 1. The molecule has 0 amide bonds. The van der Waals surface area contributed by atoms with E-state index in [1.54, 1.807) is 12.4 Å². The lowest BCUT2D eigenvalue weighted by Gasteiger charge is -2.10. The summed E-state index contributed by atoms with van der Waals surface area (Å²) in [4.78, 5) is 16.9. The molecule has 3 aromatic heterocycles. The Morgan fingerprint density at radius 2 is 1.66 bits per heavy atom. The molecule has 0 atom stereocenters. The lowest BCUT2D eigenvalue weighted by molar-refractivity contribution is 0.621. The van der Waals surface area contributed by atoms with Gasteiger partial charge in [0.2, 0.25) is 0 Å². The molecule has 2 aromatic carbocycles. The number of nitrogens with one attached hydrogen (secondary N) is 1. The van der Waals surface area contributed by atoms with Gasteiger partial charge in [0, 0.05) is 35.6 Å². The van der Waals surface area contributed by atoms with Crippen molar-refractivity contribution in [1.82, 2.24) is 19.9 Å². The zero-order valence-corrected chi connectivity index (χ0v) is 17.5. The van der Waals surface area contributed by atoms with Crippen LogP contribution in [-0.2, 0) is 6.54 Å². The summed E-state index contributed by atoms with van der Waals surface area (Å²) in [6, 6.07) is 21.8. The van der Waals surface area contributed by atoms with Crippen LogP contribution >= 0.6 is 0 Å². The first-order chi connectivity index (χ1) is 15.7. The minimum atomic E-state index is -0.492. The predicted octanol–water partition coefficient (Wildman–Crippen LogP) is 5.81. The third-order valence-electron chi connectivity index (χ3n) is 5.30. The second-order valence-electron chi connectivity index (χ2n) is 7.54. The molecule has 3 heterocycles. The van der Waals surface area contributed by atoms with Crippen molar-refractivity contribution in [2.24, 2.45) is 0 Å². The standard InChI is InChI=1S/C26H20FN5/c1-17-12-20(10-11-28-17)19-8-6-18(7-9-19)14-30-26-24(27)25(31-16-32-26)22-13-21-4-2-3-5-23(21)29-15-22/h2-13,15-16H,14H2,1H3,(H,30,31,32). The first-order valence-electron chi connectivity index (χ1n) is 10.3. The van der Waals surface area contributed by atoms with Crippen LogP contribution in [0, 0.1) is 12.7 Å². The summed E-state index contributed by atoms with van der Waals surface area (Å²) in [5.74, 6) is -0.328. The summed E-state index contributed by atoms with van der Waals surface area (Å²) in [6.45, 7) is 2.42. The molecule has 5 aromatic rings. The Balaban J connectivity index is 1.35. The monoisotopic (exact) mass is 421 g/mol. The van der Waals surface area contributed by atoms with Gasteiger partial charge in [0.15, 0.2) is 11.6 Å². The Labute approximate surface area is 185 Å². The van der Waals surface area contributed by atoms with E-state index in [2.05, 4.69) is 25.3 Å². The van der Waals surface area contributed by atoms with Crippen LogP contribution in [0.2, 0.25) is 0 Å². The molecule has 0 aliphatic rings. The van der Waals surface area contributed by atoms with Crippen molar-refractivity contribution in [3.63, 3.8) is 0 Å². The highest BCUT2D eigenvalue weighted by molar-refractivity contribution is 5.83. The van der Waals surface area contributed by atoms with E-state index in [1.807, 2.05) is 73.7 Å². The zero-order valence-electron chi connectivity index (χ0n) is 17.5. The molecule has 0 saturated carbocycles.